The van der Waals surface area contributed by atoms with E-state index >= 15 is 0 Å². The van der Waals surface area contributed by atoms with Gasteiger partial charge in [-0.1, -0.05) is 18.2 Å². The van der Waals surface area contributed by atoms with Gasteiger partial charge in [0.25, 0.3) is 15.9 Å². The normalized spacial score (nSPS) is 12.3. The van der Waals surface area contributed by atoms with Crippen LogP contribution in [-0.2, 0) is 37.1 Å². The molecule has 0 aliphatic carbocycles. The van der Waals surface area contributed by atoms with Gasteiger partial charge in [0, 0.05) is 25.5 Å². The molecule has 1 N–H and O–H groups in total. The van der Waals surface area contributed by atoms with Crippen LogP contribution in [0.3, 0.4) is 0 Å². The van der Waals surface area contributed by atoms with Crippen LogP contribution in [0.2, 0.25) is 0 Å². The number of methoxy groups -OCH3 is 1. The highest BCUT2D eigenvalue weighted by atomic mass is 32.2. The first kappa shape index (κ1) is 27.3. The fraction of sp³-hybridized carbons (Fsp3) is 0.214. The molecule has 3 aromatic carbocycles. The van der Waals surface area contributed by atoms with E-state index in [1.165, 1.54) is 54.7 Å². The number of carbonyl (C=O) groups excluding carboxylic acids is 3. The zero-order valence-electron chi connectivity index (χ0n) is 21.3. The van der Waals surface area contributed by atoms with Crippen LogP contribution in [0.4, 0.5) is 11.4 Å². The summed E-state index contributed by atoms with van der Waals surface area (Å²) in [5.41, 5.74) is 2.21. The summed E-state index contributed by atoms with van der Waals surface area (Å²) in [5, 5.41) is 11.8. The van der Waals surface area contributed by atoms with Crippen molar-refractivity contribution < 1.29 is 32.3 Å². The Balaban J connectivity index is 1.73. The number of fused-ring (bicyclic) bond motifs is 1. The number of sulfonamides is 1. The zero-order valence-corrected chi connectivity index (χ0v) is 22.1. The maximum absolute atomic E-state index is 13.7. The third-order valence-electron chi connectivity index (χ3n) is 6.16. The van der Waals surface area contributed by atoms with Crippen LogP contribution in [0.5, 0.6) is 0 Å². The second-order valence-electron chi connectivity index (χ2n) is 8.73. The van der Waals surface area contributed by atoms with Crippen molar-refractivity contribution in [3.05, 3.63) is 88.5 Å². The summed E-state index contributed by atoms with van der Waals surface area (Å²) in [6, 6.07) is 17.5. The summed E-state index contributed by atoms with van der Waals surface area (Å²) in [6.45, 7) is 1.52. The number of nitrogens with one attached hydrogen (secondary N) is 1. The van der Waals surface area contributed by atoms with Crippen LogP contribution in [0.1, 0.15) is 44.3 Å². The maximum atomic E-state index is 13.7. The Hall–Kier alpha value is -4.69. The van der Waals surface area contributed by atoms with E-state index in [4.69, 9.17) is 9.47 Å². The number of amides is 1. The van der Waals surface area contributed by atoms with Crippen molar-refractivity contribution >= 4 is 39.2 Å². The van der Waals surface area contributed by atoms with Crippen molar-refractivity contribution in [2.75, 3.05) is 29.9 Å². The topological polar surface area (TPSA) is 143 Å². The average Bonchev–Trinajstić information content (AvgIpc) is 3.37. The Morgan fingerprint density at radius 3 is 2.56 bits per heavy atom. The molecule has 1 aliphatic heterocycles. The summed E-state index contributed by atoms with van der Waals surface area (Å²) in [7, 11) is -2.87. The van der Waals surface area contributed by atoms with Gasteiger partial charge in [0.2, 0.25) is 0 Å². The number of hydrogen-bond acceptors (Lipinski definition) is 8. The van der Waals surface area contributed by atoms with Crippen molar-refractivity contribution in [2.24, 2.45) is 0 Å². The number of esters is 2. The van der Waals surface area contributed by atoms with E-state index < -0.39 is 27.9 Å². The second-order valence-corrected chi connectivity index (χ2v) is 10.6. The minimum Gasteiger partial charge on any atom is -0.466 e. The Labute approximate surface area is 225 Å². The molecule has 0 spiro atoms. The highest BCUT2D eigenvalue weighted by Crippen LogP contribution is 2.33. The lowest BCUT2D eigenvalue weighted by molar-refractivity contribution is -0.140. The monoisotopic (exact) mass is 547 g/mol. The first-order valence-electron chi connectivity index (χ1n) is 12.0. The zero-order chi connectivity index (χ0) is 28.2. The van der Waals surface area contributed by atoms with Crippen LogP contribution < -0.4 is 9.62 Å². The predicted octanol–water partition coefficient (Wildman–Crippen LogP) is 3.45. The smallest absolute Gasteiger partial charge is 0.340 e. The van der Waals surface area contributed by atoms with E-state index in [0.717, 1.165) is 5.56 Å². The van der Waals surface area contributed by atoms with Gasteiger partial charge in [-0.05, 0) is 60.0 Å². The molecule has 0 radical (unpaired) electrons. The molecule has 0 unspecified atom stereocenters. The molecular formula is C28H25N3O7S. The Morgan fingerprint density at radius 1 is 1.08 bits per heavy atom. The quantitative estimate of drug-likeness (QED) is 0.423. The SMILES string of the molecule is COC(=O)c1cc(C#N)ccc1NC(=O)c1cc(CCOC(C)=O)cc(S(=O)(=O)N2CCc3ccccc32)c1. The lowest BCUT2D eigenvalue weighted by Crippen LogP contribution is -2.29. The molecule has 200 valence electrons. The lowest BCUT2D eigenvalue weighted by atomic mass is 10.1. The minimum absolute atomic E-state index is 0.00541. The molecule has 11 heteroatoms. The molecule has 0 bridgehead atoms. The predicted molar refractivity (Wildman–Crippen MR) is 142 cm³/mol. The standard InChI is InChI=1S/C28H25N3O7S/c1-18(32)38-12-10-19-13-22(27(33)30-25-8-7-20(17-29)15-24(25)28(34)37-2)16-23(14-19)39(35,36)31-11-9-21-5-3-4-6-26(21)31/h3-8,13-16H,9-12H2,1-2H3,(H,30,33). The maximum Gasteiger partial charge on any atom is 0.340 e. The van der Waals surface area contributed by atoms with Crippen molar-refractivity contribution in [2.45, 2.75) is 24.7 Å². The van der Waals surface area contributed by atoms with Gasteiger partial charge in [-0.2, -0.15) is 5.26 Å². The number of rotatable bonds is 8. The molecule has 1 amide bonds. The summed E-state index contributed by atoms with van der Waals surface area (Å²) in [5.74, 6) is -1.92. The molecule has 10 nitrogen and oxygen atoms in total. The number of nitrogens with zero attached hydrogens (tertiary/aromatic N) is 2. The van der Waals surface area contributed by atoms with Crippen LogP contribution in [-0.4, -0.2) is 46.5 Å². The number of nitriles is 1. The van der Waals surface area contributed by atoms with Crippen LogP contribution >= 0.6 is 0 Å². The van der Waals surface area contributed by atoms with Crippen LogP contribution in [0.15, 0.2) is 65.6 Å². The molecule has 0 saturated carbocycles. The molecule has 3 aromatic rings. The number of ether oxygens (including phenoxy) is 2. The van der Waals surface area contributed by atoms with Gasteiger partial charge in [-0.25, -0.2) is 13.2 Å². The molecule has 4 rings (SSSR count). The van der Waals surface area contributed by atoms with Crippen molar-refractivity contribution in [1.82, 2.24) is 0 Å². The summed E-state index contributed by atoms with van der Waals surface area (Å²) >= 11 is 0. The van der Waals surface area contributed by atoms with Gasteiger partial charge >= 0.3 is 11.9 Å². The summed E-state index contributed by atoms with van der Waals surface area (Å²) < 4.78 is 38.6. The largest absolute Gasteiger partial charge is 0.466 e. The van der Waals surface area contributed by atoms with Crippen LogP contribution in [0.25, 0.3) is 0 Å². The molecule has 39 heavy (non-hydrogen) atoms. The van der Waals surface area contributed by atoms with Crippen LogP contribution in [0, 0.1) is 11.3 Å². The van der Waals surface area contributed by atoms with Gasteiger partial charge < -0.3 is 14.8 Å². The van der Waals surface area contributed by atoms with E-state index in [1.54, 1.807) is 12.1 Å². The third kappa shape index (κ3) is 5.91. The number of hydrogen-bond donors (Lipinski definition) is 1. The number of anilines is 2. The van der Waals surface area contributed by atoms with E-state index in [1.807, 2.05) is 18.2 Å². The van der Waals surface area contributed by atoms with E-state index in [0.29, 0.717) is 17.7 Å². The Kier molecular flexibility index (Phi) is 7.97. The first-order chi connectivity index (χ1) is 18.6. The number of benzene rings is 3. The molecule has 0 fully saturated rings. The van der Waals surface area contributed by atoms with Gasteiger partial charge in [0.1, 0.15) is 0 Å². The van der Waals surface area contributed by atoms with E-state index in [9.17, 15) is 28.1 Å². The molecule has 0 saturated heterocycles. The Morgan fingerprint density at radius 2 is 1.85 bits per heavy atom. The highest BCUT2D eigenvalue weighted by Gasteiger charge is 2.31. The Bertz CT molecular complexity index is 1610. The van der Waals surface area contributed by atoms with Crippen molar-refractivity contribution in [3.8, 4) is 6.07 Å². The summed E-state index contributed by atoms with van der Waals surface area (Å²) in [6.07, 6.45) is 0.730. The number of carbonyl (C=O) groups is 3. The third-order valence-corrected chi connectivity index (χ3v) is 7.95. The number of para-hydroxylation sites is 1. The minimum atomic E-state index is -4.04. The molecule has 0 atom stereocenters. The van der Waals surface area contributed by atoms with E-state index in [2.05, 4.69) is 5.32 Å². The van der Waals surface area contributed by atoms with Gasteiger partial charge in [-0.3, -0.25) is 13.9 Å². The van der Waals surface area contributed by atoms with Gasteiger partial charge in [-0.15, -0.1) is 0 Å². The molecular weight excluding hydrogens is 522 g/mol. The van der Waals surface area contributed by atoms with Gasteiger partial charge in [0.05, 0.1) is 47.2 Å². The molecule has 1 aliphatic rings. The summed E-state index contributed by atoms with van der Waals surface area (Å²) in [4.78, 5) is 36.8. The first-order valence-corrected chi connectivity index (χ1v) is 13.4. The molecule has 0 aromatic heterocycles. The lowest BCUT2D eigenvalue weighted by Gasteiger charge is -2.21. The van der Waals surface area contributed by atoms with Crippen molar-refractivity contribution in [3.63, 3.8) is 0 Å². The highest BCUT2D eigenvalue weighted by molar-refractivity contribution is 7.92. The van der Waals surface area contributed by atoms with Crippen molar-refractivity contribution in [1.29, 1.82) is 5.26 Å². The fourth-order valence-electron chi connectivity index (χ4n) is 4.28. The second kappa shape index (κ2) is 11.4. The average molecular weight is 548 g/mol. The molecule has 1 heterocycles. The van der Waals surface area contributed by atoms with Gasteiger partial charge in [0.15, 0.2) is 0 Å². The fourth-order valence-corrected chi connectivity index (χ4v) is 5.88. The van der Waals surface area contributed by atoms with E-state index in [-0.39, 0.29) is 46.8 Å².